The van der Waals surface area contributed by atoms with Crippen molar-refractivity contribution in [3.05, 3.63) is 16.1 Å². The lowest BCUT2D eigenvalue weighted by atomic mass is 10.1. The minimum atomic E-state index is -0.245. The van der Waals surface area contributed by atoms with E-state index < -0.39 is 0 Å². The first-order chi connectivity index (χ1) is 6.15. The summed E-state index contributed by atoms with van der Waals surface area (Å²) in [6.45, 7) is 5.96. The standard InChI is InChI=1S/C9H13NO2S/c1-4-12-9(11)6(2)8-5-13-7(3)10-8/h5-6H,4H2,1-3H3. The molecule has 0 aromatic carbocycles. The third-order valence-corrected chi connectivity index (χ3v) is 2.51. The molecule has 1 heterocycles. The number of hydrogen-bond donors (Lipinski definition) is 0. The molecule has 13 heavy (non-hydrogen) atoms. The van der Waals surface area contributed by atoms with Crippen molar-refractivity contribution in [2.24, 2.45) is 0 Å². The summed E-state index contributed by atoms with van der Waals surface area (Å²) in [5.74, 6) is -0.447. The number of carbonyl (C=O) groups is 1. The molecular formula is C9H13NO2S. The second kappa shape index (κ2) is 4.37. The zero-order valence-corrected chi connectivity index (χ0v) is 8.85. The van der Waals surface area contributed by atoms with E-state index in [9.17, 15) is 4.79 Å². The summed E-state index contributed by atoms with van der Waals surface area (Å²) in [5.41, 5.74) is 0.806. The van der Waals surface area contributed by atoms with Crippen molar-refractivity contribution >= 4 is 17.3 Å². The average molecular weight is 199 g/mol. The molecule has 4 heteroatoms. The van der Waals surface area contributed by atoms with Gasteiger partial charge >= 0.3 is 5.97 Å². The van der Waals surface area contributed by atoms with Crippen molar-refractivity contribution in [1.82, 2.24) is 4.98 Å². The minimum Gasteiger partial charge on any atom is -0.465 e. The first-order valence-electron chi connectivity index (χ1n) is 4.23. The average Bonchev–Trinajstić information content (AvgIpc) is 2.51. The third kappa shape index (κ3) is 2.52. The molecule has 72 valence electrons. The number of carbonyl (C=O) groups excluding carboxylic acids is 1. The Hall–Kier alpha value is -0.900. The Kier molecular flexibility index (Phi) is 3.42. The van der Waals surface area contributed by atoms with Crippen LogP contribution in [0.1, 0.15) is 30.5 Å². The van der Waals surface area contributed by atoms with Crippen molar-refractivity contribution in [1.29, 1.82) is 0 Å². The Morgan fingerprint density at radius 3 is 2.92 bits per heavy atom. The molecule has 1 atom stereocenters. The number of ether oxygens (including phenoxy) is 1. The van der Waals surface area contributed by atoms with Crippen LogP contribution in [0.4, 0.5) is 0 Å². The Bertz CT molecular complexity index is 296. The number of thiazole rings is 1. The Labute approximate surface area is 81.8 Å². The Morgan fingerprint density at radius 2 is 2.46 bits per heavy atom. The zero-order valence-electron chi connectivity index (χ0n) is 8.03. The van der Waals surface area contributed by atoms with Gasteiger partial charge in [-0.2, -0.15) is 0 Å². The van der Waals surface area contributed by atoms with Crippen LogP contribution in [0.3, 0.4) is 0 Å². The fraction of sp³-hybridized carbons (Fsp3) is 0.556. The normalized spacial score (nSPS) is 12.5. The molecule has 0 fully saturated rings. The second-order valence-corrected chi connectivity index (χ2v) is 3.83. The molecule has 0 bridgehead atoms. The maximum Gasteiger partial charge on any atom is 0.314 e. The predicted molar refractivity (Wildman–Crippen MR) is 51.9 cm³/mol. The van der Waals surface area contributed by atoms with Crippen molar-refractivity contribution in [3.63, 3.8) is 0 Å². The van der Waals surface area contributed by atoms with E-state index in [0.717, 1.165) is 10.7 Å². The van der Waals surface area contributed by atoms with Crippen LogP contribution < -0.4 is 0 Å². The number of aryl methyl sites for hydroxylation is 1. The van der Waals surface area contributed by atoms with Gasteiger partial charge in [0.05, 0.1) is 23.2 Å². The van der Waals surface area contributed by atoms with Crippen LogP contribution in [-0.2, 0) is 9.53 Å². The van der Waals surface area contributed by atoms with Crippen LogP contribution in [0.15, 0.2) is 5.38 Å². The van der Waals surface area contributed by atoms with Gasteiger partial charge in [0.15, 0.2) is 0 Å². The molecule has 0 aliphatic carbocycles. The van der Waals surface area contributed by atoms with Gasteiger partial charge in [-0.1, -0.05) is 0 Å². The van der Waals surface area contributed by atoms with Crippen molar-refractivity contribution < 1.29 is 9.53 Å². The van der Waals surface area contributed by atoms with E-state index in [-0.39, 0.29) is 11.9 Å². The molecule has 0 aliphatic heterocycles. The molecule has 1 rings (SSSR count). The largest absolute Gasteiger partial charge is 0.465 e. The van der Waals surface area contributed by atoms with E-state index in [1.54, 1.807) is 18.3 Å². The number of aromatic nitrogens is 1. The van der Waals surface area contributed by atoms with Gasteiger partial charge in [0.1, 0.15) is 0 Å². The smallest absolute Gasteiger partial charge is 0.314 e. The van der Waals surface area contributed by atoms with Gasteiger partial charge in [-0.3, -0.25) is 4.79 Å². The van der Waals surface area contributed by atoms with Crippen molar-refractivity contribution in [2.75, 3.05) is 6.61 Å². The summed E-state index contributed by atoms with van der Waals surface area (Å²) in [7, 11) is 0. The van der Waals surface area contributed by atoms with Gasteiger partial charge in [0.2, 0.25) is 0 Å². The lowest BCUT2D eigenvalue weighted by Gasteiger charge is -2.06. The highest BCUT2D eigenvalue weighted by Crippen LogP contribution is 2.18. The topological polar surface area (TPSA) is 39.2 Å². The van der Waals surface area contributed by atoms with Gasteiger partial charge in [0, 0.05) is 5.38 Å². The fourth-order valence-corrected chi connectivity index (χ4v) is 1.67. The molecular weight excluding hydrogens is 186 g/mol. The SMILES string of the molecule is CCOC(=O)C(C)c1csc(C)n1. The lowest BCUT2D eigenvalue weighted by molar-refractivity contribution is -0.144. The van der Waals surface area contributed by atoms with Crippen LogP contribution >= 0.6 is 11.3 Å². The molecule has 1 aromatic rings. The molecule has 0 radical (unpaired) electrons. The van der Waals surface area contributed by atoms with Crippen molar-refractivity contribution in [3.8, 4) is 0 Å². The monoisotopic (exact) mass is 199 g/mol. The van der Waals surface area contributed by atoms with Crippen LogP contribution in [-0.4, -0.2) is 17.6 Å². The first-order valence-corrected chi connectivity index (χ1v) is 5.11. The van der Waals surface area contributed by atoms with E-state index in [1.807, 2.05) is 19.2 Å². The lowest BCUT2D eigenvalue weighted by Crippen LogP contribution is -2.13. The molecule has 0 N–H and O–H groups in total. The number of hydrogen-bond acceptors (Lipinski definition) is 4. The predicted octanol–water partition coefficient (Wildman–Crippen LogP) is 2.12. The van der Waals surface area contributed by atoms with E-state index in [2.05, 4.69) is 4.98 Å². The molecule has 0 spiro atoms. The zero-order chi connectivity index (χ0) is 9.84. The first kappa shape index (κ1) is 10.2. The number of esters is 1. The summed E-state index contributed by atoms with van der Waals surface area (Å²) in [6.07, 6.45) is 0. The maximum atomic E-state index is 11.3. The van der Waals surface area contributed by atoms with E-state index in [4.69, 9.17) is 4.74 Å². The molecule has 3 nitrogen and oxygen atoms in total. The van der Waals surface area contributed by atoms with Gasteiger partial charge in [-0.15, -0.1) is 11.3 Å². The van der Waals surface area contributed by atoms with E-state index in [1.165, 1.54) is 0 Å². The van der Waals surface area contributed by atoms with E-state index in [0.29, 0.717) is 6.61 Å². The van der Waals surface area contributed by atoms with Gasteiger partial charge in [0.25, 0.3) is 0 Å². The summed E-state index contributed by atoms with van der Waals surface area (Å²) in [5, 5.41) is 2.88. The quantitative estimate of drug-likeness (QED) is 0.700. The van der Waals surface area contributed by atoms with Crippen LogP contribution in [0.5, 0.6) is 0 Å². The Morgan fingerprint density at radius 1 is 1.77 bits per heavy atom. The maximum absolute atomic E-state index is 11.3. The fourth-order valence-electron chi connectivity index (χ4n) is 0.967. The highest BCUT2D eigenvalue weighted by molar-refractivity contribution is 7.09. The molecule has 0 aliphatic rings. The second-order valence-electron chi connectivity index (χ2n) is 2.77. The molecule has 0 saturated heterocycles. The molecule has 1 aromatic heterocycles. The van der Waals surface area contributed by atoms with Crippen LogP contribution in [0.2, 0.25) is 0 Å². The highest BCUT2D eigenvalue weighted by atomic mass is 32.1. The van der Waals surface area contributed by atoms with Gasteiger partial charge in [-0.05, 0) is 20.8 Å². The Balaban J connectivity index is 2.67. The minimum absolute atomic E-state index is 0.201. The van der Waals surface area contributed by atoms with Gasteiger partial charge < -0.3 is 4.74 Å². The highest BCUT2D eigenvalue weighted by Gasteiger charge is 2.18. The molecule has 0 saturated carbocycles. The van der Waals surface area contributed by atoms with Crippen LogP contribution in [0, 0.1) is 6.92 Å². The number of nitrogens with zero attached hydrogens (tertiary/aromatic N) is 1. The van der Waals surface area contributed by atoms with Crippen LogP contribution in [0.25, 0.3) is 0 Å². The summed E-state index contributed by atoms with van der Waals surface area (Å²) >= 11 is 1.55. The molecule has 1 unspecified atom stereocenters. The summed E-state index contributed by atoms with van der Waals surface area (Å²) in [4.78, 5) is 15.5. The number of rotatable bonds is 3. The van der Waals surface area contributed by atoms with Gasteiger partial charge in [-0.25, -0.2) is 4.98 Å². The van der Waals surface area contributed by atoms with E-state index >= 15 is 0 Å². The third-order valence-electron chi connectivity index (χ3n) is 1.72. The summed E-state index contributed by atoms with van der Waals surface area (Å²) in [6, 6.07) is 0. The van der Waals surface area contributed by atoms with Crippen molar-refractivity contribution in [2.45, 2.75) is 26.7 Å². The molecule has 0 amide bonds. The summed E-state index contributed by atoms with van der Waals surface area (Å²) < 4.78 is 4.89.